The Labute approximate surface area is 224 Å². The van der Waals surface area contributed by atoms with Gasteiger partial charge in [0, 0.05) is 11.6 Å². The van der Waals surface area contributed by atoms with Crippen LogP contribution in [0.2, 0.25) is 0 Å². The van der Waals surface area contributed by atoms with Crippen LogP contribution in [-0.2, 0) is 7.05 Å². The maximum Gasteiger partial charge on any atom is 0.221 e. The Bertz CT molecular complexity index is 1820. The number of benzene rings is 5. The number of hydrogen-bond donors (Lipinski definition) is 0. The summed E-state index contributed by atoms with van der Waals surface area (Å²) in [5.74, 6) is 0. The van der Waals surface area contributed by atoms with Crippen LogP contribution in [0.1, 0.15) is 5.56 Å². The van der Waals surface area contributed by atoms with Crippen LogP contribution in [0.25, 0.3) is 66.9 Å². The lowest BCUT2D eigenvalue weighted by Crippen LogP contribution is -2.31. The van der Waals surface area contributed by atoms with E-state index in [1.807, 2.05) is 0 Å². The van der Waals surface area contributed by atoms with Crippen LogP contribution >= 0.6 is 0 Å². The van der Waals surface area contributed by atoms with Gasteiger partial charge in [-0.2, -0.15) is 0 Å². The van der Waals surface area contributed by atoms with Crippen LogP contribution < -0.4 is 4.57 Å². The van der Waals surface area contributed by atoms with Gasteiger partial charge in [-0.3, -0.25) is 0 Å². The van der Waals surface area contributed by atoms with E-state index in [-0.39, 0.29) is 0 Å². The van der Waals surface area contributed by atoms with Crippen molar-refractivity contribution in [3.8, 4) is 66.9 Å². The van der Waals surface area contributed by atoms with E-state index in [0.717, 1.165) is 0 Å². The quantitative estimate of drug-likeness (QED) is 0.215. The number of aromatic nitrogens is 1. The molecule has 0 aliphatic heterocycles. The molecular formula is C37H28N+. The first kappa shape index (κ1) is 22.4. The van der Waals surface area contributed by atoms with Crippen LogP contribution in [0.4, 0.5) is 0 Å². The minimum absolute atomic E-state index is 1.23. The van der Waals surface area contributed by atoms with Crippen molar-refractivity contribution >= 4 is 0 Å². The number of rotatable bonds is 2. The summed E-state index contributed by atoms with van der Waals surface area (Å²) >= 11 is 0. The standard InChI is InChI=1S/C37H28N/c1-25-20-21-27(26-12-4-3-5-13-26)24-35(25)37-36-33-19-11-10-17-31(33)29-15-7-6-14-28(29)30-16-8-9-18-32(30)34(36)22-23-38(37)2/h3-24H,1-2H3/q+1. The third-order valence-electron chi connectivity index (χ3n) is 7.84. The van der Waals surface area contributed by atoms with Crippen molar-refractivity contribution in [1.29, 1.82) is 0 Å². The van der Waals surface area contributed by atoms with E-state index in [0.29, 0.717) is 0 Å². The molecular weight excluding hydrogens is 458 g/mol. The number of pyridine rings is 1. The molecule has 0 saturated heterocycles. The Balaban J connectivity index is 1.62. The van der Waals surface area contributed by atoms with Crippen molar-refractivity contribution in [3.63, 3.8) is 0 Å². The summed E-state index contributed by atoms with van der Waals surface area (Å²) in [6.45, 7) is 2.22. The zero-order valence-corrected chi connectivity index (χ0v) is 21.6. The lowest BCUT2D eigenvalue weighted by Gasteiger charge is -2.24. The fourth-order valence-electron chi connectivity index (χ4n) is 6.00. The van der Waals surface area contributed by atoms with E-state index in [2.05, 4.69) is 152 Å². The van der Waals surface area contributed by atoms with Gasteiger partial charge in [0.05, 0.1) is 11.1 Å². The summed E-state index contributed by atoms with van der Waals surface area (Å²) in [7, 11) is 2.17. The van der Waals surface area contributed by atoms with Crippen molar-refractivity contribution in [1.82, 2.24) is 0 Å². The molecule has 38 heavy (non-hydrogen) atoms. The summed E-state index contributed by atoms with van der Waals surface area (Å²) in [5, 5.41) is 0. The molecule has 6 aromatic rings. The zero-order valence-electron chi connectivity index (χ0n) is 21.6. The molecule has 1 heteroatoms. The maximum atomic E-state index is 2.36. The molecule has 7 rings (SSSR count). The third kappa shape index (κ3) is 3.51. The number of fused-ring (bicyclic) bond motifs is 8. The summed E-state index contributed by atoms with van der Waals surface area (Å²) < 4.78 is 2.29. The molecule has 0 bridgehead atoms. The molecule has 0 saturated carbocycles. The van der Waals surface area contributed by atoms with E-state index in [1.165, 1.54) is 72.5 Å². The smallest absolute Gasteiger partial charge is 0.200 e. The van der Waals surface area contributed by atoms with Gasteiger partial charge < -0.3 is 0 Å². The van der Waals surface area contributed by atoms with Crippen molar-refractivity contribution in [2.24, 2.45) is 7.05 Å². The van der Waals surface area contributed by atoms with Gasteiger partial charge in [0.25, 0.3) is 0 Å². The molecule has 0 spiro atoms. The van der Waals surface area contributed by atoms with E-state index < -0.39 is 0 Å². The highest BCUT2D eigenvalue weighted by molar-refractivity contribution is 6.05. The summed E-state index contributed by atoms with van der Waals surface area (Å²) in [4.78, 5) is 0. The average molecular weight is 487 g/mol. The first-order valence-corrected chi connectivity index (χ1v) is 13.2. The first-order chi connectivity index (χ1) is 18.7. The van der Waals surface area contributed by atoms with E-state index >= 15 is 0 Å². The largest absolute Gasteiger partial charge is 0.221 e. The molecule has 1 aliphatic rings. The van der Waals surface area contributed by atoms with Gasteiger partial charge in [-0.1, -0.05) is 115 Å². The van der Waals surface area contributed by atoms with Crippen LogP contribution in [0, 0.1) is 6.92 Å². The molecule has 0 unspecified atom stereocenters. The average Bonchev–Trinajstić information content (AvgIpc) is 2.97. The molecule has 0 N–H and O–H groups in total. The molecule has 1 aromatic heterocycles. The summed E-state index contributed by atoms with van der Waals surface area (Å²) in [6, 6.07) is 46.4. The first-order valence-electron chi connectivity index (χ1n) is 13.2. The molecule has 0 radical (unpaired) electrons. The molecule has 1 aliphatic carbocycles. The fourth-order valence-corrected chi connectivity index (χ4v) is 6.00. The second-order valence-electron chi connectivity index (χ2n) is 10.1. The molecule has 180 valence electrons. The van der Waals surface area contributed by atoms with Crippen molar-refractivity contribution < 1.29 is 4.57 Å². The minimum atomic E-state index is 1.23. The van der Waals surface area contributed by atoms with E-state index in [9.17, 15) is 0 Å². The Kier molecular flexibility index (Phi) is 5.30. The van der Waals surface area contributed by atoms with Gasteiger partial charge in [0.15, 0.2) is 6.20 Å². The van der Waals surface area contributed by atoms with Crippen molar-refractivity contribution in [3.05, 3.63) is 139 Å². The highest BCUT2D eigenvalue weighted by Crippen LogP contribution is 2.49. The Morgan fingerprint density at radius 1 is 0.421 bits per heavy atom. The van der Waals surface area contributed by atoms with Gasteiger partial charge in [0.1, 0.15) is 7.05 Å². The van der Waals surface area contributed by atoms with Crippen LogP contribution in [0.5, 0.6) is 0 Å². The van der Waals surface area contributed by atoms with Gasteiger partial charge in [-0.05, 0) is 63.1 Å². The molecule has 0 fully saturated rings. The Hall–Kier alpha value is -4.75. The second kappa shape index (κ2) is 8.97. The normalized spacial score (nSPS) is 11.4. The lowest BCUT2D eigenvalue weighted by molar-refractivity contribution is -0.659. The summed E-state index contributed by atoms with van der Waals surface area (Å²) in [6.07, 6.45) is 2.22. The van der Waals surface area contributed by atoms with Crippen LogP contribution in [0.15, 0.2) is 134 Å². The van der Waals surface area contributed by atoms with Crippen LogP contribution in [0.3, 0.4) is 0 Å². The Morgan fingerprint density at radius 2 is 0.921 bits per heavy atom. The third-order valence-corrected chi connectivity index (χ3v) is 7.84. The molecule has 1 heterocycles. The monoisotopic (exact) mass is 486 g/mol. The predicted molar refractivity (Wildman–Crippen MR) is 159 cm³/mol. The predicted octanol–water partition coefficient (Wildman–Crippen LogP) is 9.13. The lowest BCUT2D eigenvalue weighted by atomic mass is 9.79. The van der Waals surface area contributed by atoms with Gasteiger partial charge in [-0.25, -0.2) is 4.57 Å². The number of nitrogens with zero attached hydrogens (tertiary/aromatic N) is 1. The van der Waals surface area contributed by atoms with Gasteiger partial charge >= 0.3 is 0 Å². The van der Waals surface area contributed by atoms with Crippen molar-refractivity contribution in [2.75, 3.05) is 0 Å². The van der Waals surface area contributed by atoms with E-state index in [4.69, 9.17) is 0 Å². The second-order valence-corrected chi connectivity index (χ2v) is 10.1. The molecule has 0 atom stereocenters. The van der Waals surface area contributed by atoms with Gasteiger partial charge in [0.2, 0.25) is 5.69 Å². The number of hydrogen-bond acceptors (Lipinski definition) is 0. The molecule has 0 amide bonds. The van der Waals surface area contributed by atoms with Crippen molar-refractivity contribution in [2.45, 2.75) is 6.92 Å². The minimum Gasteiger partial charge on any atom is -0.200 e. The maximum absolute atomic E-state index is 2.36. The van der Waals surface area contributed by atoms with Crippen LogP contribution in [-0.4, -0.2) is 0 Å². The topological polar surface area (TPSA) is 3.88 Å². The Morgan fingerprint density at radius 3 is 1.53 bits per heavy atom. The zero-order chi connectivity index (χ0) is 25.6. The molecule has 1 nitrogen and oxygen atoms in total. The SMILES string of the molecule is Cc1ccc(-c2ccccc2)cc1-c1c2c(cc[n+]1C)-c1ccccc1-c1ccccc1-c1ccccc1-2. The highest BCUT2D eigenvalue weighted by Gasteiger charge is 2.29. The van der Waals surface area contributed by atoms with E-state index in [1.54, 1.807) is 0 Å². The highest BCUT2D eigenvalue weighted by atomic mass is 14.9. The number of aryl methyl sites for hydroxylation is 2. The summed E-state index contributed by atoms with van der Waals surface area (Å²) in [5.41, 5.74) is 16.4. The molecule has 5 aromatic carbocycles. The van der Waals surface area contributed by atoms with Gasteiger partial charge in [-0.15, -0.1) is 0 Å². The fraction of sp³-hybridized carbons (Fsp3) is 0.0541.